The van der Waals surface area contributed by atoms with Gasteiger partial charge < -0.3 is 15.4 Å². The standard InChI is InChI=1S/C19H21ClN2O3/c20-16-8-10-17(11-9-16)25-13-5-4-12-21-18(23)14-22-19(24)15-6-2-1-3-7-15/h1-3,6-11H,4-5,12-14H2,(H,21,23)(H,22,24). The molecule has 0 bridgehead atoms. The molecule has 0 aliphatic carbocycles. The third-order valence-corrected chi connectivity index (χ3v) is 3.67. The van der Waals surface area contributed by atoms with Gasteiger partial charge in [-0.15, -0.1) is 0 Å². The summed E-state index contributed by atoms with van der Waals surface area (Å²) < 4.78 is 5.57. The number of rotatable bonds is 9. The van der Waals surface area contributed by atoms with Gasteiger partial charge in [0.05, 0.1) is 13.2 Å². The van der Waals surface area contributed by atoms with Gasteiger partial charge in [-0.1, -0.05) is 29.8 Å². The second-order valence-electron chi connectivity index (χ2n) is 5.41. The Bertz CT molecular complexity index is 675. The highest BCUT2D eigenvalue weighted by molar-refractivity contribution is 6.30. The molecule has 0 saturated carbocycles. The highest BCUT2D eigenvalue weighted by Crippen LogP contribution is 2.15. The van der Waals surface area contributed by atoms with Crippen LogP contribution in [0.25, 0.3) is 0 Å². The number of hydrogen-bond acceptors (Lipinski definition) is 3. The van der Waals surface area contributed by atoms with Crippen LogP contribution in [0.4, 0.5) is 0 Å². The molecule has 2 rings (SSSR count). The van der Waals surface area contributed by atoms with E-state index in [-0.39, 0.29) is 18.4 Å². The molecular weight excluding hydrogens is 340 g/mol. The van der Waals surface area contributed by atoms with Gasteiger partial charge in [-0.25, -0.2) is 0 Å². The second-order valence-corrected chi connectivity index (χ2v) is 5.84. The van der Waals surface area contributed by atoms with Crippen LogP contribution < -0.4 is 15.4 Å². The smallest absolute Gasteiger partial charge is 0.251 e. The SMILES string of the molecule is O=C(CNC(=O)c1ccccc1)NCCCCOc1ccc(Cl)cc1. The maximum Gasteiger partial charge on any atom is 0.251 e. The molecule has 2 aromatic rings. The van der Waals surface area contributed by atoms with Crippen LogP contribution in [0.1, 0.15) is 23.2 Å². The van der Waals surface area contributed by atoms with E-state index in [0.717, 1.165) is 18.6 Å². The van der Waals surface area contributed by atoms with Crippen molar-refractivity contribution in [2.75, 3.05) is 19.7 Å². The summed E-state index contributed by atoms with van der Waals surface area (Å²) >= 11 is 5.80. The molecule has 0 aliphatic heterocycles. The lowest BCUT2D eigenvalue weighted by molar-refractivity contribution is -0.120. The number of halogens is 1. The van der Waals surface area contributed by atoms with Crippen LogP contribution in [0.3, 0.4) is 0 Å². The van der Waals surface area contributed by atoms with Gasteiger partial charge in [0.15, 0.2) is 0 Å². The Morgan fingerprint density at radius 2 is 1.64 bits per heavy atom. The third-order valence-electron chi connectivity index (χ3n) is 3.42. The van der Waals surface area contributed by atoms with E-state index in [4.69, 9.17) is 16.3 Å². The number of ether oxygens (including phenoxy) is 1. The van der Waals surface area contributed by atoms with E-state index in [9.17, 15) is 9.59 Å². The number of carbonyl (C=O) groups is 2. The lowest BCUT2D eigenvalue weighted by Crippen LogP contribution is -2.37. The topological polar surface area (TPSA) is 67.4 Å². The van der Waals surface area contributed by atoms with E-state index >= 15 is 0 Å². The fourth-order valence-electron chi connectivity index (χ4n) is 2.09. The summed E-state index contributed by atoms with van der Waals surface area (Å²) in [6.07, 6.45) is 1.62. The van der Waals surface area contributed by atoms with Gasteiger partial charge in [0.1, 0.15) is 5.75 Å². The molecule has 132 valence electrons. The van der Waals surface area contributed by atoms with E-state index in [1.165, 1.54) is 0 Å². The Morgan fingerprint density at radius 3 is 2.36 bits per heavy atom. The van der Waals surface area contributed by atoms with Crippen molar-refractivity contribution in [3.8, 4) is 5.75 Å². The van der Waals surface area contributed by atoms with Gasteiger partial charge in [-0.3, -0.25) is 9.59 Å². The van der Waals surface area contributed by atoms with Crippen molar-refractivity contribution in [1.82, 2.24) is 10.6 Å². The van der Waals surface area contributed by atoms with Crippen molar-refractivity contribution in [2.24, 2.45) is 0 Å². The van der Waals surface area contributed by atoms with Gasteiger partial charge in [0.2, 0.25) is 5.91 Å². The molecule has 0 aliphatic rings. The highest BCUT2D eigenvalue weighted by atomic mass is 35.5. The first-order valence-electron chi connectivity index (χ1n) is 8.13. The molecular formula is C19H21ClN2O3. The molecule has 0 unspecified atom stereocenters. The summed E-state index contributed by atoms with van der Waals surface area (Å²) in [6, 6.07) is 16.0. The second kappa shape index (κ2) is 10.4. The van der Waals surface area contributed by atoms with Crippen molar-refractivity contribution in [2.45, 2.75) is 12.8 Å². The summed E-state index contributed by atoms with van der Waals surface area (Å²) in [4.78, 5) is 23.5. The van der Waals surface area contributed by atoms with Crippen molar-refractivity contribution in [3.05, 3.63) is 65.2 Å². The molecule has 2 N–H and O–H groups in total. The van der Waals surface area contributed by atoms with Crippen molar-refractivity contribution < 1.29 is 14.3 Å². The number of hydrogen-bond donors (Lipinski definition) is 2. The summed E-state index contributed by atoms with van der Waals surface area (Å²) in [7, 11) is 0. The summed E-state index contributed by atoms with van der Waals surface area (Å²) in [5.74, 6) is 0.312. The Hall–Kier alpha value is -2.53. The number of unbranched alkanes of at least 4 members (excludes halogenated alkanes) is 1. The van der Waals surface area contributed by atoms with Crippen LogP contribution in [0.5, 0.6) is 5.75 Å². The van der Waals surface area contributed by atoms with Gasteiger partial charge >= 0.3 is 0 Å². The lowest BCUT2D eigenvalue weighted by Gasteiger charge is -2.08. The predicted molar refractivity (Wildman–Crippen MR) is 98.0 cm³/mol. The van der Waals surface area contributed by atoms with Crippen molar-refractivity contribution in [3.63, 3.8) is 0 Å². The zero-order valence-electron chi connectivity index (χ0n) is 13.8. The monoisotopic (exact) mass is 360 g/mol. The van der Waals surface area contributed by atoms with Crippen LogP contribution in [0.2, 0.25) is 5.02 Å². The number of benzene rings is 2. The van der Waals surface area contributed by atoms with Gasteiger partial charge in [0.25, 0.3) is 5.91 Å². The average molecular weight is 361 g/mol. The molecule has 2 amide bonds. The van der Waals surface area contributed by atoms with Crippen molar-refractivity contribution in [1.29, 1.82) is 0 Å². The predicted octanol–water partition coefficient (Wildman–Crippen LogP) is 3.05. The number of amides is 2. The maximum absolute atomic E-state index is 11.8. The first-order chi connectivity index (χ1) is 12.1. The molecule has 2 aromatic carbocycles. The Labute approximate surface area is 152 Å². The zero-order valence-corrected chi connectivity index (χ0v) is 14.6. The molecule has 0 atom stereocenters. The minimum absolute atomic E-state index is 0.0327. The van der Waals surface area contributed by atoms with Crippen LogP contribution >= 0.6 is 11.6 Å². The van der Waals surface area contributed by atoms with Gasteiger partial charge in [0, 0.05) is 17.1 Å². The molecule has 25 heavy (non-hydrogen) atoms. The van der Waals surface area contributed by atoms with E-state index in [1.54, 1.807) is 36.4 Å². The van der Waals surface area contributed by atoms with Gasteiger partial charge in [-0.05, 0) is 49.2 Å². The summed E-state index contributed by atoms with van der Waals surface area (Å²) in [5, 5.41) is 6.03. The Balaban J connectivity index is 1.52. The third kappa shape index (κ3) is 7.27. The minimum atomic E-state index is -0.257. The zero-order chi connectivity index (χ0) is 17.9. The van der Waals surface area contributed by atoms with Gasteiger partial charge in [-0.2, -0.15) is 0 Å². The molecule has 0 spiro atoms. The average Bonchev–Trinajstić information content (AvgIpc) is 2.64. The van der Waals surface area contributed by atoms with E-state index in [0.29, 0.717) is 23.7 Å². The largest absolute Gasteiger partial charge is 0.494 e. The quantitative estimate of drug-likeness (QED) is 0.675. The fourth-order valence-corrected chi connectivity index (χ4v) is 2.22. The molecule has 0 aromatic heterocycles. The van der Waals surface area contributed by atoms with E-state index in [2.05, 4.69) is 10.6 Å². The fraction of sp³-hybridized carbons (Fsp3) is 0.263. The van der Waals surface area contributed by atoms with Crippen LogP contribution in [0.15, 0.2) is 54.6 Å². The maximum atomic E-state index is 11.8. The first kappa shape index (κ1) is 18.8. The molecule has 0 radical (unpaired) electrons. The molecule has 0 heterocycles. The van der Waals surface area contributed by atoms with E-state index < -0.39 is 0 Å². The summed E-state index contributed by atoms with van der Waals surface area (Å²) in [5.41, 5.74) is 0.537. The van der Waals surface area contributed by atoms with Crippen LogP contribution in [-0.2, 0) is 4.79 Å². The Kier molecular flexibility index (Phi) is 7.79. The minimum Gasteiger partial charge on any atom is -0.494 e. The van der Waals surface area contributed by atoms with E-state index in [1.807, 2.05) is 18.2 Å². The van der Waals surface area contributed by atoms with Crippen LogP contribution in [0, 0.1) is 0 Å². The normalized spacial score (nSPS) is 10.1. The summed E-state index contributed by atoms with van der Waals surface area (Å²) in [6.45, 7) is 1.08. The Morgan fingerprint density at radius 1 is 0.920 bits per heavy atom. The van der Waals surface area contributed by atoms with Crippen LogP contribution in [-0.4, -0.2) is 31.5 Å². The molecule has 5 nitrogen and oxygen atoms in total. The molecule has 6 heteroatoms. The number of carbonyl (C=O) groups excluding carboxylic acids is 2. The lowest BCUT2D eigenvalue weighted by atomic mass is 10.2. The van der Waals surface area contributed by atoms with Crippen molar-refractivity contribution >= 4 is 23.4 Å². The molecule has 0 fully saturated rings. The number of nitrogens with one attached hydrogen (secondary N) is 2. The highest BCUT2D eigenvalue weighted by Gasteiger charge is 2.06. The molecule has 0 saturated heterocycles. The first-order valence-corrected chi connectivity index (χ1v) is 8.51.